The summed E-state index contributed by atoms with van der Waals surface area (Å²) in [4.78, 5) is 50.7. The predicted molar refractivity (Wildman–Crippen MR) is 160 cm³/mol. The van der Waals surface area contributed by atoms with E-state index in [0.717, 1.165) is 27.8 Å². The van der Waals surface area contributed by atoms with Crippen molar-refractivity contribution >= 4 is 24.1 Å². The molecular formula is C33H37N3O7. The zero-order valence-electron chi connectivity index (χ0n) is 24.7. The Hall–Kier alpha value is -4.86. The maximum Gasteiger partial charge on any atom is 0.408 e. The van der Waals surface area contributed by atoms with Gasteiger partial charge in [-0.15, -0.1) is 0 Å². The Bertz CT molecular complexity index is 1410. The van der Waals surface area contributed by atoms with E-state index in [1.54, 1.807) is 32.9 Å². The Morgan fingerprint density at radius 2 is 1.35 bits per heavy atom. The highest BCUT2D eigenvalue weighted by atomic mass is 16.6. The van der Waals surface area contributed by atoms with Gasteiger partial charge in [-0.25, -0.2) is 14.4 Å². The Labute approximate surface area is 251 Å². The van der Waals surface area contributed by atoms with Crippen molar-refractivity contribution in [3.8, 4) is 11.1 Å². The highest BCUT2D eigenvalue weighted by molar-refractivity contribution is 5.87. The van der Waals surface area contributed by atoms with Crippen molar-refractivity contribution in [1.82, 2.24) is 16.0 Å². The summed E-state index contributed by atoms with van der Waals surface area (Å²) in [6, 6.07) is 22.8. The number of rotatable bonds is 10. The molecule has 0 fully saturated rings. The Morgan fingerprint density at radius 1 is 0.767 bits per heavy atom. The van der Waals surface area contributed by atoms with E-state index in [1.165, 1.54) is 6.92 Å². The molecule has 3 N–H and O–H groups in total. The summed E-state index contributed by atoms with van der Waals surface area (Å²) in [6.45, 7) is 6.33. The van der Waals surface area contributed by atoms with Crippen molar-refractivity contribution in [2.75, 3.05) is 13.2 Å². The molecule has 3 aromatic carbocycles. The molecule has 0 saturated heterocycles. The van der Waals surface area contributed by atoms with Crippen LogP contribution in [-0.4, -0.2) is 54.9 Å². The normalized spacial score (nSPS) is 13.5. The van der Waals surface area contributed by atoms with Gasteiger partial charge in [-0.05, 0) is 55.5 Å². The van der Waals surface area contributed by atoms with Gasteiger partial charge in [-0.1, -0.05) is 78.9 Å². The van der Waals surface area contributed by atoms with Crippen molar-refractivity contribution in [3.05, 3.63) is 95.6 Å². The van der Waals surface area contributed by atoms with Gasteiger partial charge in [0.1, 0.15) is 30.9 Å². The van der Waals surface area contributed by atoms with Crippen molar-refractivity contribution in [1.29, 1.82) is 0 Å². The smallest absolute Gasteiger partial charge is 0.408 e. The topological polar surface area (TPSA) is 132 Å². The lowest BCUT2D eigenvalue weighted by Gasteiger charge is -2.23. The molecule has 0 heterocycles. The van der Waals surface area contributed by atoms with Crippen LogP contribution in [0.1, 0.15) is 50.3 Å². The van der Waals surface area contributed by atoms with E-state index in [4.69, 9.17) is 14.2 Å². The van der Waals surface area contributed by atoms with Crippen molar-refractivity contribution in [3.63, 3.8) is 0 Å². The van der Waals surface area contributed by atoms with Crippen molar-refractivity contribution in [2.45, 2.75) is 57.9 Å². The van der Waals surface area contributed by atoms with Crippen molar-refractivity contribution in [2.24, 2.45) is 0 Å². The van der Waals surface area contributed by atoms with Crippen LogP contribution in [0, 0.1) is 0 Å². The third-order valence-electron chi connectivity index (χ3n) is 6.75. The fourth-order valence-electron chi connectivity index (χ4n) is 4.71. The number of amides is 3. The first kappa shape index (κ1) is 31.1. The molecule has 0 spiro atoms. The SMILES string of the molecule is C[C@H](NC(=O)OC(C)(C)C)C(=O)NC[C@H](NC(=O)OCC1c2ccccc2-c2ccccc21)C(=O)OCc1ccccc1. The fourth-order valence-corrected chi connectivity index (χ4v) is 4.71. The molecule has 10 nitrogen and oxygen atoms in total. The molecule has 0 aromatic heterocycles. The number of fused-ring (bicyclic) bond motifs is 3. The molecule has 0 aliphatic heterocycles. The number of benzene rings is 3. The van der Waals surface area contributed by atoms with Crippen molar-refractivity contribution < 1.29 is 33.4 Å². The number of alkyl carbamates (subject to hydrolysis) is 2. The van der Waals surface area contributed by atoms with Crippen LogP contribution >= 0.6 is 0 Å². The summed E-state index contributed by atoms with van der Waals surface area (Å²) in [6.07, 6.45) is -1.59. The predicted octanol–water partition coefficient (Wildman–Crippen LogP) is 4.67. The van der Waals surface area contributed by atoms with E-state index in [0.29, 0.717) is 0 Å². The number of hydrogen-bond donors (Lipinski definition) is 3. The maximum absolute atomic E-state index is 13.0. The molecule has 1 aliphatic rings. The van der Waals surface area contributed by atoms with E-state index >= 15 is 0 Å². The fraction of sp³-hybridized carbons (Fsp3) is 0.333. The van der Waals surface area contributed by atoms with Crippen LogP contribution in [0.25, 0.3) is 11.1 Å². The third-order valence-corrected chi connectivity index (χ3v) is 6.75. The summed E-state index contributed by atoms with van der Waals surface area (Å²) in [5.41, 5.74) is 4.30. The largest absolute Gasteiger partial charge is 0.459 e. The first-order valence-electron chi connectivity index (χ1n) is 14.1. The van der Waals surface area contributed by atoms with E-state index in [1.807, 2.05) is 66.7 Å². The van der Waals surface area contributed by atoms with E-state index < -0.39 is 41.7 Å². The summed E-state index contributed by atoms with van der Waals surface area (Å²) >= 11 is 0. The zero-order chi connectivity index (χ0) is 31.0. The van der Waals surface area contributed by atoms with Gasteiger partial charge in [0.15, 0.2) is 0 Å². The zero-order valence-corrected chi connectivity index (χ0v) is 24.7. The van der Waals surface area contributed by atoms with Crippen LogP contribution in [0.4, 0.5) is 9.59 Å². The molecular weight excluding hydrogens is 550 g/mol. The molecule has 0 unspecified atom stereocenters. The second kappa shape index (κ2) is 13.9. The number of carbonyl (C=O) groups excluding carboxylic acids is 4. The van der Waals surface area contributed by atoms with E-state index in [-0.39, 0.29) is 25.7 Å². The van der Waals surface area contributed by atoms with E-state index in [9.17, 15) is 19.2 Å². The average molecular weight is 588 g/mol. The van der Waals surface area contributed by atoms with Gasteiger partial charge in [-0.3, -0.25) is 4.79 Å². The molecule has 3 aromatic rings. The number of esters is 1. The van der Waals surface area contributed by atoms with Gasteiger partial charge in [0.25, 0.3) is 0 Å². The molecule has 3 amide bonds. The highest BCUT2D eigenvalue weighted by Crippen LogP contribution is 2.44. The van der Waals surface area contributed by atoms with Crippen LogP contribution in [0.5, 0.6) is 0 Å². The minimum Gasteiger partial charge on any atom is -0.459 e. The summed E-state index contributed by atoms with van der Waals surface area (Å²) in [5, 5.41) is 7.55. The van der Waals surface area contributed by atoms with Gasteiger partial charge in [0.2, 0.25) is 5.91 Å². The summed E-state index contributed by atoms with van der Waals surface area (Å²) in [7, 11) is 0. The molecule has 2 atom stereocenters. The second-order valence-corrected chi connectivity index (χ2v) is 11.2. The minimum atomic E-state index is -1.25. The quantitative estimate of drug-likeness (QED) is 0.232. The third kappa shape index (κ3) is 8.57. The number of hydrogen-bond acceptors (Lipinski definition) is 7. The monoisotopic (exact) mass is 587 g/mol. The van der Waals surface area contributed by atoms with Gasteiger partial charge in [0.05, 0.1) is 0 Å². The Morgan fingerprint density at radius 3 is 1.95 bits per heavy atom. The molecule has 0 radical (unpaired) electrons. The number of ether oxygens (including phenoxy) is 3. The van der Waals surface area contributed by atoms with Gasteiger partial charge in [0, 0.05) is 12.5 Å². The summed E-state index contributed by atoms with van der Waals surface area (Å²) < 4.78 is 16.2. The van der Waals surface area contributed by atoms with Crippen LogP contribution in [0.3, 0.4) is 0 Å². The molecule has 0 saturated carbocycles. The number of carbonyl (C=O) groups is 4. The Kier molecular flexibility index (Phi) is 10.0. The first-order valence-corrected chi connectivity index (χ1v) is 14.1. The lowest BCUT2D eigenvalue weighted by molar-refractivity contribution is -0.147. The lowest BCUT2D eigenvalue weighted by Crippen LogP contribution is -2.53. The molecule has 10 heteroatoms. The van der Waals surface area contributed by atoms with Crippen LogP contribution in [0.15, 0.2) is 78.9 Å². The number of nitrogens with one attached hydrogen (secondary N) is 3. The van der Waals surface area contributed by atoms with E-state index in [2.05, 4.69) is 16.0 Å². The van der Waals surface area contributed by atoms with Gasteiger partial charge in [-0.2, -0.15) is 0 Å². The second-order valence-electron chi connectivity index (χ2n) is 11.2. The molecule has 226 valence electrons. The summed E-state index contributed by atoms with van der Waals surface area (Å²) in [5.74, 6) is -1.51. The maximum atomic E-state index is 13.0. The average Bonchev–Trinajstić information content (AvgIpc) is 3.29. The molecule has 0 bridgehead atoms. The van der Waals surface area contributed by atoms with Crippen LogP contribution in [0.2, 0.25) is 0 Å². The van der Waals surface area contributed by atoms with Gasteiger partial charge >= 0.3 is 18.2 Å². The molecule has 43 heavy (non-hydrogen) atoms. The molecule has 4 rings (SSSR count). The first-order chi connectivity index (χ1) is 20.5. The van der Waals surface area contributed by atoms with Crippen LogP contribution in [-0.2, 0) is 30.4 Å². The Balaban J connectivity index is 1.38. The standard InChI is InChI=1S/C33H37N3O7/c1-21(35-32(40)43-33(2,3)4)29(37)34-18-28(30(38)41-19-22-12-6-5-7-13-22)36-31(39)42-20-27-25-16-10-8-14-23(25)24-15-9-11-17-26(24)27/h5-17,21,27-28H,18-20H2,1-4H3,(H,34,37)(H,35,40)(H,36,39)/t21-,28-/m0/s1. The lowest BCUT2D eigenvalue weighted by atomic mass is 9.98. The highest BCUT2D eigenvalue weighted by Gasteiger charge is 2.30. The molecule has 1 aliphatic carbocycles. The van der Waals surface area contributed by atoms with Crippen LogP contribution < -0.4 is 16.0 Å². The van der Waals surface area contributed by atoms with Gasteiger partial charge < -0.3 is 30.2 Å². The minimum absolute atomic E-state index is 0.0207.